The molecule has 0 fully saturated rings. The Morgan fingerprint density at radius 2 is 2.25 bits per heavy atom. The van der Waals surface area contributed by atoms with E-state index in [1.54, 1.807) is 13.8 Å². The molecular formula is C10H21N3O2S. The SMILES string of the molecule is CC(C)NS(=O)(=O)NCCC1=CCNCC1. The van der Waals surface area contributed by atoms with E-state index in [-0.39, 0.29) is 6.04 Å². The van der Waals surface area contributed by atoms with Crippen LogP contribution < -0.4 is 14.8 Å². The Kier molecular flexibility index (Phi) is 5.40. The van der Waals surface area contributed by atoms with Crippen molar-refractivity contribution in [1.29, 1.82) is 0 Å². The molecule has 0 saturated carbocycles. The molecular weight excluding hydrogens is 226 g/mol. The summed E-state index contributed by atoms with van der Waals surface area (Å²) in [4.78, 5) is 0. The average Bonchev–Trinajstić information content (AvgIpc) is 2.16. The summed E-state index contributed by atoms with van der Waals surface area (Å²) < 4.78 is 27.9. The first-order valence-corrected chi connectivity index (χ1v) is 7.13. The zero-order chi connectivity index (χ0) is 12.0. The molecule has 0 bridgehead atoms. The summed E-state index contributed by atoms with van der Waals surface area (Å²) in [6.07, 6.45) is 3.94. The van der Waals surface area contributed by atoms with Gasteiger partial charge in [0.15, 0.2) is 0 Å². The molecule has 0 aliphatic carbocycles. The Morgan fingerprint density at radius 1 is 1.50 bits per heavy atom. The third-order valence-corrected chi connectivity index (χ3v) is 3.65. The van der Waals surface area contributed by atoms with Crippen LogP contribution in [0.2, 0.25) is 0 Å². The molecule has 0 saturated heterocycles. The molecule has 5 nitrogen and oxygen atoms in total. The van der Waals surface area contributed by atoms with Crippen LogP contribution in [-0.4, -0.2) is 34.1 Å². The molecule has 0 unspecified atom stereocenters. The maximum absolute atomic E-state index is 11.4. The number of nitrogens with one attached hydrogen (secondary N) is 3. The first kappa shape index (κ1) is 13.6. The monoisotopic (exact) mass is 247 g/mol. The lowest BCUT2D eigenvalue weighted by Crippen LogP contribution is -2.40. The molecule has 0 aromatic carbocycles. The summed E-state index contributed by atoms with van der Waals surface area (Å²) in [5.74, 6) is 0. The van der Waals surface area contributed by atoms with Crippen molar-refractivity contribution in [3.05, 3.63) is 11.6 Å². The zero-order valence-electron chi connectivity index (χ0n) is 9.91. The van der Waals surface area contributed by atoms with E-state index >= 15 is 0 Å². The van der Waals surface area contributed by atoms with Gasteiger partial charge in [0.05, 0.1) is 0 Å². The molecule has 3 N–H and O–H groups in total. The summed E-state index contributed by atoms with van der Waals surface area (Å²) in [6, 6.07) is -0.0735. The van der Waals surface area contributed by atoms with Crippen LogP contribution in [-0.2, 0) is 10.2 Å². The van der Waals surface area contributed by atoms with E-state index in [0.717, 1.165) is 25.9 Å². The van der Waals surface area contributed by atoms with Gasteiger partial charge in [-0.3, -0.25) is 0 Å². The second-order valence-electron chi connectivity index (χ2n) is 4.24. The average molecular weight is 247 g/mol. The van der Waals surface area contributed by atoms with Crippen LogP contribution in [0.5, 0.6) is 0 Å². The molecule has 1 aliphatic heterocycles. The summed E-state index contributed by atoms with van der Waals surface area (Å²) in [7, 11) is -3.32. The van der Waals surface area contributed by atoms with Crippen molar-refractivity contribution in [1.82, 2.24) is 14.8 Å². The minimum absolute atomic E-state index is 0.0735. The Balaban J connectivity index is 2.26. The molecule has 0 amide bonds. The lowest BCUT2D eigenvalue weighted by atomic mass is 10.1. The second kappa shape index (κ2) is 6.34. The summed E-state index contributed by atoms with van der Waals surface area (Å²) in [5.41, 5.74) is 1.32. The van der Waals surface area contributed by atoms with Crippen LogP contribution in [0, 0.1) is 0 Å². The van der Waals surface area contributed by atoms with Gasteiger partial charge in [-0.05, 0) is 33.2 Å². The number of hydrogen-bond donors (Lipinski definition) is 3. The van der Waals surface area contributed by atoms with Gasteiger partial charge in [-0.2, -0.15) is 13.1 Å². The van der Waals surface area contributed by atoms with Crippen LogP contribution >= 0.6 is 0 Å². The predicted octanol–water partition coefficient (Wildman–Crippen LogP) is 0.129. The summed E-state index contributed by atoms with van der Waals surface area (Å²) in [5, 5.41) is 3.22. The largest absolute Gasteiger partial charge is 0.313 e. The summed E-state index contributed by atoms with van der Waals surface area (Å²) >= 11 is 0. The second-order valence-corrected chi connectivity index (χ2v) is 5.77. The topological polar surface area (TPSA) is 70.2 Å². The molecule has 6 heteroatoms. The molecule has 0 radical (unpaired) electrons. The van der Waals surface area contributed by atoms with Crippen LogP contribution in [0.25, 0.3) is 0 Å². The van der Waals surface area contributed by atoms with E-state index < -0.39 is 10.2 Å². The van der Waals surface area contributed by atoms with Crippen LogP contribution in [0.1, 0.15) is 26.7 Å². The van der Waals surface area contributed by atoms with Crippen molar-refractivity contribution < 1.29 is 8.42 Å². The van der Waals surface area contributed by atoms with E-state index in [1.807, 2.05) is 0 Å². The highest BCUT2D eigenvalue weighted by Crippen LogP contribution is 2.07. The van der Waals surface area contributed by atoms with Crippen molar-refractivity contribution in [3.63, 3.8) is 0 Å². The van der Waals surface area contributed by atoms with Crippen LogP contribution in [0.3, 0.4) is 0 Å². The molecule has 1 heterocycles. The Hall–Kier alpha value is -0.430. The molecule has 0 aromatic heterocycles. The Morgan fingerprint density at radius 3 is 2.81 bits per heavy atom. The normalized spacial score (nSPS) is 17.6. The molecule has 16 heavy (non-hydrogen) atoms. The summed E-state index contributed by atoms with van der Waals surface area (Å²) in [6.45, 7) is 5.95. The van der Waals surface area contributed by atoms with Gasteiger partial charge in [0.1, 0.15) is 0 Å². The smallest absolute Gasteiger partial charge is 0.277 e. The van der Waals surface area contributed by atoms with Gasteiger partial charge in [-0.1, -0.05) is 11.6 Å². The van der Waals surface area contributed by atoms with Gasteiger partial charge >= 0.3 is 0 Å². The zero-order valence-corrected chi connectivity index (χ0v) is 10.7. The van der Waals surface area contributed by atoms with Crippen LogP contribution in [0.4, 0.5) is 0 Å². The minimum Gasteiger partial charge on any atom is -0.313 e. The predicted molar refractivity (Wildman–Crippen MR) is 65.4 cm³/mol. The highest BCUT2D eigenvalue weighted by molar-refractivity contribution is 7.87. The van der Waals surface area contributed by atoms with E-state index in [2.05, 4.69) is 20.8 Å². The van der Waals surface area contributed by atoms with Gasteiger partial charge in [0, 0.05) is 19.1 Å². The van der Waals surface area contributed by atoms with Gasteiger partial charge < -0.3 is 5.32 Å². The molecule has 94 valence electrons. The lowest BCUT2D eigenvalue weighted by molar-refractivity contribution is 0.554. The molecule has 1 aliphatic rings. The standard InChI is InChI=1S/C10H21N3O2S/c1-9(2)13-16(14,15)12-8-5-10-3-6-11-7-4-10/h3,9,11-13H,4-8H2,1-2H3. The first-order valence-electron chi connectivity index (χ1n) is 5.65. The maximum atomic E-state index is 11.4. The third kappa shape index (κ3) is 5.60. The van der Waals surface area contributed by atoms with Crippen molar-refractivity contribution in [2.24, 2.45) is 0 Å². The van der Waals surface area contributed by atoms with Gasteiger partial charge in [-0.15, -0.1) is 0 Å². The van der Waals surface area contributed by atoms with E-state index in [1.165, 1.54) is 5.57 Å². The third-order valence-electron chi connectivity index (χ3n) is 2.29. The lowest BCUT2D eigenvalue weighted by Gasteiger charge is -2.15. The van der Waals surface area contributed by atoms with Crippen molar-refractivity contribution in [2.45, 2.75) is 32.7 Å². The molecule has 0 aromatic rings. The fraction of sp³-hybridized carbons (Fsp3) is 0.800. The highest BCUT2D eigenvalue weighted by atomic mass is 32.2. The molecule has 1 rings (SSSR count). The van der Waals surface area contributed by atoms with Crippen molar-refractivity contribution >= 4 is 10.2 Å². The molecule has 0 atom stereocenters. The van der Waals surface area contributed by atoms with E-state index in [0.29, 0.717) is 6.54 Å². The quantitative estimate of drug-likeness (QED) is 0.584. The maximum Gasteiger partial charge on any atom is 0.277 e. The highest BCUT2D eigenvalue weighted by Gasteiger charge is 2.10. The van der Waals surface area contributed by atoms with Crippen molar-refractivity contribution in [3.8, 4) is 0 Å². The van der Waals surface area contributed by atoms with E-state index in [9.17, 15) is 8.42 Å². The number of rotatable bonds is 6. The van der Waals surface area contributed by atoms with Crippen LogP contribution in [0.15, 0.2) is 11.6 Å². The molecule has 0 spiro atoms. The number of hydrogen-bond acceptors (Lipinski definition) is 3. The fourth-order valence-corrected chi connectivity index (χ4v) is 2.67. The minimum atomic E-state index is -3.32. The first-order chi connectivity index (χ1) is 7.49. The Labute approximate surface area is 97.9 Å². The van der Waals surface area contributed by atoms with Gasteiger partial charge in [0.2, 0.25) is 0 Å². The van der Waals surface area contributed by atoms with Crippen molar-refractivity contribution in [2.75, 3.05) is 19.6 Å². The van der Waals surface area contributed by atoms with E-state index in [4.69, 9.17) is 0 Å². The van der Waals surface area contributed by atoms with Gasteiger partial charge in [0.25, 0.3) is 10.2 Å². The van der Waals surface area contributed by atoms with Gasteiger partial charge in [-0.25, -0.2) is 4.72 Å². The Bertz CT molecular complexity index is 336. The fourth-order valence-electron chi connectivity index (χ4n) is 1.59.